The zero-order chi connectivity index (χ0) is 15.3. The summed E-state index contributed by atoms with van der Waals surface area (Å²) in [6.45, 7) is 4.70. The normalized spacial score (nSPS) is 11.8. The van der Waals surface area contributed by atoms with Gasteiger partial charge in [-0.1, -0.05) is 6.07 Å². The fourth-order valence-corrected chi connectivity index (χ4v) is 2.71. The Balaban J connectivity index is 2.86. The third kappa shape index (κ3) is 4.00. The van der Waals surface area contributed by atoms with Crippen LogP contribution in [0.4, 0.5) is 4.39 Å². The van der Waals surface area contributed by atoms with Crippen LogP contribution in [0.3, 0.4) is 0 Å². The molecule has 1 rings (SSSR count). The van der Waals surface area contributed by atoms with Crippen LogP contribution in [0.5, 0.6) is 0 Å². The topological polar surface area (TPSA) is 73.2 Å². The van der Waals surface area contributed by atoms with Crippen molar-refractivity contribution >= 4 is 10.0 Å². The van der Waals surface area contributed by atoms with Gasteiger partial charge in [0.15, 0.2) is 0 Å². The van der Waals surface area contributed by atoms with Crippen LogP contribution in [0.1, 0.15) is 19.4 Å². The number of likely N-dealkylation sites (N-methyl/N-ethyl adjacent to an activating group) is 1. The maximum Gasteiger partial charge on any atom is 0.242 e. The van der Waals surface area contributed by atoms with Crippen molar-refractivity contribution in [3.63, 3.8) is 0 Å². The van der Waals surface area contributed by atoms with E-state index in [1.807, 2.05) is 25.8 Å². The van der Waals surface area contributed by atoms with Gasteiger partial charge in [0.2, 0.25) is 10.0 Å². The maximum absolute atomic E-state index is 13.4. The summed E-state index contributed by atoms with van der Waals surface area (Å²) in [5.41, 5.74) is -0.461. The van der Waals surface area contributed by atoms with E-state index in [1.165, 1.54) is 12.1 Å². The lowest BCUT2D eigenvalue weighted by molar-refractivity contribution is 0.278. The first kappa shape index (κ1) is 16.6. The van der Waals surface area contributed by atoms with E-state index in [0.29, 0.717) is 12.6 Å². The van der Waals surface area contributed by atoms with E-state index in [9.17, 15) is 12.8 Å². The molecule has 0 aliphatic carbocycles. The minimum Gasteiger partial charge on any atom is -0.303 e. The molecule has 0 amide bonds. The largest absolute Gasteiger partial charge is 0.303 e. The average molecular weight is 299 g/mol. The number of halogens is 1. The summed E-state index contributed by atoms with van der Waals surface area (Å²) in [4.78, 5) is 1.64. The first-order chi connectivity index (χ1) is 9.29. The van der Waals surface area contributed by atoms with Crippen LogP contribution >= 0.6 is 0 Å². The second kappa shape index (κ2) is 6.79. The number of nitrogens with zero attached hydrogens (tertiary/aromatic N) is 2. The van der Waals surface area contributed by atoms with Gasteiger partial charge < -0.3 is 4.90 Å². The van der Waals surface area contributed by atoms with Gasteiger partial charge in [0.1, 0.15) is 22.3 Å². The molecule has 1 N–H and O–H groups in total. The van der Waals surface area contributed by atoms with E-state index in [1.54, 1.807) is 6.07 Å². The number of nitriles is 1. The molecule has 0 bridgehead atoms. The van der Waals surface area contributed by atoms with Crippen molar-refractivity contribution in [1.29, 1.82) is 5.26 Å². The standard InChI is InChI=1S/C13H18FN3O2S/c1-10(2)17(3)8-7-16-20(18,19)13-6-4-5-12(14)11(13)9-15/h4-6,10,16H,7-8H2,1-3H3. The first-order valence-corrected chi connectivity index (χ1v) is 7.66. The molecule has 1 aromatic rings. The minimum absolute atomic E-state index is 0.193. The lowest BCUT2D eigenvalue weighted by Crippen LogP contribution is -2.36. The van der Waals surface area contributed by atoms with Crippen molar-refractivity contribution in [1.82, 2.24) is 9.62 Å². The Morgan fingerprint density at radius 1 is 1.45 bits per heavy atom. The quantitative estimate of drug-likeness (QED) is 0.859. The predicted molar refractivity (Wildman–Crippen MR) is 74.1 cm³/mol. The molecule has 0 fully saturated rings. The van der Waals surface area contributed by atoms with E-state index in [0.717, 1.165) is 6.07 Å². The Labute approximate surface area is 119 Å². The van der Waals surface area contributed by atoms with E-state index >= 15 is 0 Å². The van der Waals surface area contributed by atoms with Crippen molar-refractivity contribution in [2.75, 3.05) is 20.1 Å². The summed E-state index contributed by atoms with van der Waals surface area (Å²) in [6, 6.07) is 5.42. The highest BCUT2D eigenvalue weighted by Gasteiger charge is 2.20. The highest BCUT2D eigenvalue weighted by molar-refractivity contribution is 7.89. The maximum atomic E-state index is 13.4. The minimum atomic E-state index is -3.89. The molecule has 1 aromatic carbocycles. The zero-order valence-electron chi connectivity index (χ0n) is 11.7. The second-order valence-corrected chi connectivity index (χ2v) is 6.43. The number of hydrogen-bond acceptors (Lipinski definition) is 4. The van der Waals surface area contributed by atoms with Crippen LogP contribution in [0.25, 0.3) is 0 Å². The number of sulfonamides is 1. The van der Waals surface area contributed by atoms with Gasteiger partial charge in [-0.15, -0.1) is 0 Å². The van der Waals surface area contributed by atoms with Gasteiger partial charge in [-0.2, -0.15) is 5.26 Å². The lowest BCUT2D eigenvalue weighted by Gasteiger charge is -2.20. The Morgan fingerprint density at radius 3 is 2.65 bits per heavy atom. The molecule has 0 spiro atoms. The van der Waals surface area contributed by atoms with Gasteiger partial charge in [-0.25, -0.2) is 17.5 Å². The molecular weight excluding hydrogens is 281 g/mol. The summed E-state index contributed by atoms with van der Waals surface area (Å²) in [6.07, 6.45) is 0. The summed E-state index contributed by atoms with van der Waals surface area (Å²) in [5.74, 6) is -0.838. The van der Waals surface area contributed by atoms with Gasteiger partial charge >= 0.3 is 0 Å². The fraction of sp³-hybridized carbons (Fsp3) is 0.462. The van der Waals surface area contributed by atoms with Gasteiger partial charge in [0.05, 0.1) is 0 Å². The molecule has 0 heterocycles. The fourth-order valence-electron chi connectivity index (χ4n) is 1.53. The number of benzene rings is 1. The van der Waals surface area contributed by atoms with Crippen molar-refractivity contribution in [2.45, 2.75) is 24.8 Å². The van der Waals surface area contributed by atoms with Crippen molar-refractivity contribution in [2.24, 2.45) is 0 Å². The molecule has 110 valence electrons. The van der Waals surface area contributed by atoms with E-state index in [2.05, 4.69) is 4.72 Å². The van der Waals surface area contributed by atoms with Crippen LogP contribution in [0, 0.1) is 17.1 Å². The Bertz CT molecular complexity index is 609. The molecule has 20 heavy (non-hydrogen) atoms. The Kier molecular flexibility index (Phi) is 5.62. The number of rotatable bonds is 6. The molecule has 7 heteroatoms. The molecule has 0 atom stereocenters. The Morgan fingerprint density at radius 2 is 2.10 bits per heavy atom. The van der Waals surface area contributed by atoms with Gasteiger partial charge in [-0.05, 0) is 33.0 Å². The van der Waals surface area contributed by atoms with Crippen molar-refractivity contribution < 1.29 is 12.8 Å². The van der Waals surface area contributed by atoms with Crippen LogP contribution in [-0.2, 0) is 10.0 Å². The lowest BCUT2D eigenvalue weighted by atomic mass is 10.2. The Hall–Kier alpha value is -1.49. The molecule has 0 aromatic heterocycles. The van der Waals surface area contributed by atoms with Crippen LogP contribution in [-0.4, -0.2) is 39.5 Å². The number of nitrogens with one attached hydrogen (secondary N) is 1. The number of hydrogen-bond donors (Lipinski definition) is 1. The second-order valence-electron chi connectivity index (χ2n) is 4.70. The van der Waals surface area contributed by atoms with Crippen molar-refractivity contribution in [3.05, 3.63) is 29.6 Å². The summed E-state index contributed by atoms with van der Waals surface area (Å²) in [7, 11) is -2.01. The molecule has 0 aliphatic heterocycles. The highest BCUT2D eigenvalue weighted by atomic mass is 32.2. The van der Waals surface area contributed by atoms with E-state index in [-0.39, 0.29) is 11.4 Å². The third-order valence-corrected chi connectivity index (χ3v) is 4.52. The summed E-state index contributed by atoms with van der Waals surface area (Å²) >= 11 is 0. The van der Waals surface area contributed by atoms with Crippen molar-refractivity contribution in [3.8, 4) is 6.07 Å². The van der Waals surface area contributed by atoms with Gasteiger partial charge in [0.25, 0.3) is 0 Å². The average Bonchev–Trinajstić information content (AvgIpc) is 2.37. The van der Waals surface area contributed by atoms with Gasteiger partial charge in [-0.3, -0.25) is 0 Å². The van der Waals surface area contributed by atoms with E-state index < -0.39 is 21.4 Å². The molecule has 0 unspecified atom stereocenters. The monoisotopic (exact) mass is 299 g/mol. The summed E-state index contributed by atoms with van der Waals surface area (Å²) in [5, 5.41) is 8.86. The molecule has 0 saturated heterocycles. The SMILES string of the molecule is CC(C)N(C)CCNS(=O)(=O)c1cccc(F)c1C#N. The highest BCUT2D eigenvalue weighted by Crippen LogP contribution is 2.17. The predicted octanol–water partition coefficient (Wildman–Crippen LogP) is 1.32. The van der Waals surface area contributed by atoms with Crippen LogP contribution in [0.2, 0.25) is 0 Å². The third-order valence-electron chi connectivity index (χ3n) is 3.01. The zero-order valence-corrected chi connectivity index (χ0v) is 12.5. The summed E-state index contributed by atoms with van der Waals surface area (Å²) < 4.78 is 39.9. The van der Waals surface area contributed by atoms with Crippen LogP contribution < -0.4 is 4.72 Å². The molecule has 0 radical (unpaired) electrons. The smallest absolute Gasteiger partial charge is 0.242 e. The molecule has 0 aliphatic rings. The van der Waals surface area contributed by atoms with Crippen LogP contribution in [0.15, 0.2) is 23.1 Å². The van der Waals surface area contributed by atoms with E-state index in [4.69, 9.17) is 5.26 Å². The van der Waals surface area contributed by atoms with Gasteiger partial charge in [0, 0.05) is 19.1 Å². The molecule has 5 nitrogen and oxygen atoms in total. The first-order valence-electron chi connectivity index (χ1n) is 6.18. The molecule has 0 saturated carbocycles. The molecular formula is C13H18FN3O2S.